The van der Waals surface area contributed by atoms with Crippen molar-refractivity contribution >= 4 is 11.8 Å². The summed E-state index contributed by atoms with van der Waals surface area (Å²) < 4.78 is 6.07. The van der Waals surface area contributed by atoms with E-state index in [-0.39, 0.29) is 0 Å². The molecular weight excluding hydrogens is 218 g/mol. The van der Waals surface area contributed by atoms with E-state index in [4.69, 9.17) is 4.42 Å². The van der Waals surface area contributed by atoms with Gasteiger partial charge in [-0.3, -0.25) is 0 Å². The summed E-state index contributed by atoms with van der Waals surface area (Å²) in [5, 5.41) is 3.74. The van der Waals surface area contributed by atoms with Crippen LogP contribution in [0.4, 0.5) is 0 Å². The molecule has 1 unspecified atom stereocenters. The molecule has 1 atom stereocenters. The van der Waals surface area contributed by atoms with Crippen molar-refractivity contribution in [3.8, 4) is 0 Å². The van der Waals surface area contributed by atoms with Gasteiger partial charge in [-0.2, -0.15) is 11.8 Å². The first-order valence-electron chi connectivity index (χ1n) is 6.18. The van der Waals surface area contributed by atoms with Crippen molar-refractivity contribution in [1.82, 2.24) is 5.32 Å². The van der Waals surface area contributed by atoms with Gasteiger partial charge in [-0.05, 0) is 38.0 Å². The van der Waals surface area contributed by atoms with Gasteiger partial charge in [0.2, 0.25) is 0 Å². The number of hydrogen-bond donors (Lipinski definition) is 1. The smallest absolute Gasteiger partial charge is 0.108 e. The molecule has 3 rings (SSSR count). The number of nitrogens with one attached hydrogen (secondary N) is 1. The fraction of sp³-hybridized carbons (Fsp3) is 0.692. The Bertz CT molecular complexity index is 370. The summed E-state index contributed by atoms with van der Waals surface area (Å²) in [5.74, 6) is 1.21. The van der Waals surface area contributed by atoms with E-state index in [0.29, 0.717) is 10.8 Å². The van der Waals surface area contributed by atoms with E-state index in [9.17, 15) is 0 Å². The Labute approximate surface area is 101 Å². The molecule has 2 nitrogen and oxygen atoms in total. The predicted molar refractivity (Wildman–Crippen MR) is 67.9 cm³/mol. The minimum atomic E-state index is 0.534. The maximum atomic E-state index is 5.51. The molecule has 1 N–H and O–H groups in total. The average molecular weight is 237 g/mol. The minimum Gasteiger partial charge on any atom is -0.469 e. The third-order valence-electron chi connectivity index (χ3n) is 3.96. The Morgan fingerprint density at radius 2 is 2.44 bits per heavy atom. The third kappa shape index (κ3) is 1.91. The zero-order valence-corrected chi connectivity index (χ0v) is 10.6. The minimum absolute atomic E-state index is 0.534. The molecule has 0 saturated heterocycles. The van der Waals surface area contributed by atoms with Crippen LogP contribution in [0.1, 0.15) is 43.0 Å². The van der Waals surface area contributed by atoms with Crippen LogP contribution in [0.5, 0.6) is 0 Å². The molecule has 2 aliphatic carbocycles. The first-order valence-corrected chi connectivity index (χ1v) is 7.40. The van der Waals surface area contributed by atoms with Crippen molar-refractivity contribution < 1.29 is 4.42 Å². The molecule has 16 heavy (non-hydrogen) atoms. The maximum Gasteiger partial charge on any atom is 0.108 e. The molecule has 1 aromatic rings. The first kappa shape index (κ1) is 10.7. The highest BCUT2D eigenvalue weighted by Gasteiger charge is 2.42. The molecular formula is C13H19NOS. The second kappa shape index (κ2) is 4.11. The summed E-state index contributed by atoms with van der Waals surface area (Å²) in [7, 11) is 0. The Kier molecular flexibility index (Phi) is 2.76. The molecule has 1 aromatic heterocycles. The number of thioether (sulfide) groups is 1. The van der Waals surface area contributed by atoms with Gasteiger partial charge >= 0.3 is 0 Å². The zero-order chi connectivity index (χ0) is 11.0. The summed E-state index contributed by atoms with van der Waals surface area (Å²) in [6, 6.07) is 2.68. The van der Waals surface area contributed by atoms with Gasteiger partial charge in [0.1, 0.15) is 5.76 Å². The van der Waals surface area contributed by atoms with Gasteiger partial charge in [0.05, 0.1) is 6.26 Å². The topological polar surface area (TPSA) is 25.2 Å². The van der Waals surface area contributed by atoms with E-state index in [1.54, 1.807) is 0 Å². The van der Waals surface area contributed by atoms with Crippen LogP contribution >= 0.6 is 11.8 Å². The molecule has 88 valence electrons. The highest BCUT2D eigenvalue weighted by Crippen LogP contribution is 2.47. The van der Waals surface area contributed by atoms with Crippen molar-refractivity contribution in [3.63, 3.8) is 0 Å². The van der Waals surface area contributed by atoms with Gasteiger partial charge in [0.15, 0.2) is 0 Å². The van der Waals surface area contributed by atoms with E-state index < -0.39 is 0 Å². The van der Waals surface area contributed by atoms with E-state index in [1.807, 2.05) is 18.0 Å². The summed E-state index contributed by atoms with van der Waals surface area (Å²) in [5.41, 5.74) is 1.41. The predicted octanol–water partition coefficient (Wildman–Crippen LogP) is 3.14. The van der Waals surface area contributed by atoms with Crippen molar-refractivity contribution in [3.05, 3.63) is 23.7 Å². The molecule has 0 bridgehead atoms. The number of aryl methyl sites for hydroxylation is 1. The Morgan fingerprint density at radius 1 is 1.56 bits per heavy atom. The van der Waals surface area contributed by atoms with Crippen molar-refractivity contribution in [2.75, 3.05) is 12.8 Å². The normalized spacial score (nSPS) is 26.4. The SMILES string of the molecule is CSC1(CNC2CCCc3occc32)CC1. The number of furan rings is 1. The number of fused-ring (bicyclic) bond motifs is 1. The lowest BCUT2D eigenvalue weighted by Gasteiger charge is -2.25. The number of rotatable bonds is 4. The fourth-order valence-corrected chi connectivity index (χ4v) is 3.34. The van der Waals surface area contributed by atoms with Crippen LogP contribution in [0.15, 0.2) is 16.7 Å². The highest BCUT2D eigenvalue weighted by molar-refractivity contribution is 8.00. The molecule has 0 radical (unpaired) electrons. The third-order valence-corrected chi connectivity index (χ3v) is 5.38. The van der Waals surface area contributed by atoms with Crippen molar-refractivity contribution in [2.45, 2.75) is 42.9 Å². The summed E-state index contributed by atoms with van der Waals surface area (Å²) in [6.45, 7) is 1.16. The van der Waals surface area contributed by atoms with Gasteiger partial charge < -0.3 is 9.73 Å². The highest BCUT2D eigenvalue weighted by atomic mass is 32.2. The van der Waals surface area contributed by atoms with Gasteiger partial charge in [0, 0.05) is 29.3 Å². The first-order chi connectivity index (χ1) is 7.83. The molecule has 3 heteroatoms. The van der Waals surface area contributed by atoms with E-state index in [0.717, 1.165) is 13.0 Å². The van der Waals surface area contributed by atoms with Crippen LogP contribution in [-0.4, -0.2) is 17.5 Å². The summed E-state index contributed by atoms with van der Waals surface area (Å²) in [4.78, 5) is 0. The number of hydrogen-bond acceptors (Lipinski definition) is 3. The molecule has 0 amide bonds. The molecule has 2 aliphatic rings. The lowest BCUT2D eigenvalue weighted by atomic mass is 9.93. The molecule has 0 spiro atoms. The van der Waals surface area contributed by atoms with Crippen LogP contribution in [-0.2, 0) is 6.42 Å². The van der Waals surface area contributed by atoms with Crippen LogP contribution < -0.4 is 5.32 Å². The summed E-state index contributed by atoms with van der Waals surface area (Å²) in [6.07, 6.45) is 10.5. The fourth-order valence-electron chi connectivity index (χ4n) is 2.60. The monoisotopic (exact) mass is 237 g/mol. The summed E-state index contributed by atoms with van der Waals surface area (Å²) >= 11 is 2.02. The molecule has 1 saturated carbocycles. The van der Waals surface area contributed by atoms with Gasteiger partial charge in [-0.15, -0.1) is 0 Å². The second-order valence-corrected chi connectivity index (χ2v) is 6.29. The molecule has 0 aromatic carbocycles. The Morgan fingerprint density at radius 3 is 3.19 bits per heavy atom. The van der Waals surface area contributed by atoms with E-state index >= 15 is 0 Å². The van der Waals surface area contributed by atoms with Crippen LogP contribution in [0.2, 0.25) is 0 Å². The van der Waals surface area contributed by atoms with Crippen molar-refractivity contribution in [2.24, 2.45) is 0 Å². The lowest BCUT2D eigenvalue weighted by molar-refractivity contribution is 0.410. The molecule has 1 heterocycles. The van der Waals surface area contributed by atoms with Crippen molar-refractivity contribution in [1.29, 1.82) is 0 Å². The second-order valence-electron chi connectivity index (χ2n) is 5.01. The van der Waals surface area contributed by atoms with Gasteiger partial charge in [-0.25, -0.2) is 0 Å². The van der Waals surface area contributed by atoms with Gasteiger partial charge in [0.25, 0.3) is 0 Å². The maximum absolute atomic E-state index is 5.51. The Hall–Kier alpha value is -0.410. The van der Waals surface area contributed by atoms with E-state index in [1.165, 1.54) is 37.0 Å². The molecule has 0 aliphatic heterocycles. The van der Waals surface area contributed by atoms with Gasteiger partial charge in [-0.1, -0.05) is 0 Å². The Balaban J connectivity index is 1.64. The van der Waals surface area contributed by atoms with Crippen LogP contribution in [0.3, 0.4) is 0 Å². The molecule has 1 fully saturated rings. The average Bonchev–Trinajstić information content (AvgIpc) is 2.94. The van der Waals surface area contributed by atoms with Crippen LogP contribution in [0, 0.1) is 0 Å². The quantitative estimate of drug-likeness (QED) is 0.871. The largest absolute Gasteiger partial charge is 0.469 e. The van der Waals surface area contributed by atoms with E-state index in [2.05, 4.69) is 17.6 Å². The van der Waals surface area contributed by atoms with Crippen LogP contribution in [0.25, 0.3) is 0 Å². The zero-order valence-electron chi connectivity index (χ0n) is 9.79. The standard InChI is InChI=1S/C13H19NOS/c1-16-13(6-7-13)9-14-11-3-2-4-12-10(11)5-8-15-12/h5,8,11,14H,2-4,6-7,9H2,1H3. The lowest BCUT2D eigenvalue weighted by Crippen LogP contribution is -2.31.